The predicted octanol–water partition coefficient (Wildman–Crippen LogP) is 5.72. The zero-order chi connectivity index (χ0) is 19.5. The third-order valence-electron chi connectivity index (χ3n) is 3.25. The van der Waals surface area contributed by atoms with Gasteiger partial charge < -0.3 is 14.8 Å². The van der Waals surface area contributed by atoms with Crippen LogP contribution in [0.15, 0.2) is 34.8 Å². The van der Waals surface area contributed by atoms with E-state index in [2.05, 4.69) is 26.0 Å². The monoisotopic (exact) mass is 435 g/mol. The van der Waals surface area contributed by atoms with E-state index in [1.807, 2.05) is 0 Å². The van der Waals surface area contributed by atoms with E-state index in [9.17, 15) is 22.4 Å². The summed E-state index contributed by atoms with van der Waals surface area (Å²) in [6.45, 7) is 3.30. The van der Waals surface area contributed by atoms with Crippen LogP contribution >= 0.6 is 15.9 Å². The maximum Gasteiger partial charge on any atom is 0.573 e. The van der Waals surface area contributed by atoms with E-state index in [4.69, 9.17) is 4.74 Å². The van der Waals surface area contributed by atoms with Crippen LogP contribution in [0.3, 0.4) is 0 Å². The van der Waals surface area contributed by atoms with Crippen LogP contribution in [0.4, 0.5) is 28.9 Å². The van der Waals surface area contributed by atoms with E-state index in [1.165, 1.54) is 24.3 Å². The van der Waals surface area contributed by atoms with Gasteiger partial charge in [-0.05, 0) is 59.6 Å². The minimum absolute atomic E-state index is 0.00280. The first kappa shape index (κ1) is 20.0. The molecular formula is C17H14BrF4NO3. The normalized spacial score (nSPS) is 11.2. The molecule has 0 heterocycles. The number of carbonyl (C=O) groups excluding carboxylic acids is 1. The maximum atomic E-state index is 13.2. The minimum atomic E-state index is -4.91. The fourth-order valence-corrected chi connectivity index (χ4v) is 2.57. The van der Waals surface area contributed by atoms with E-state index >= 15 is 0 Å². The molecule has 4 nitrogen and oxygen atoms in total. The third-order valence-corrected chi connectivity index (χ3v) is 3.87. The standard InChI is InChI=1S/C17H14BrF4NO3/c1-3-25-16(24)11-7-12(18)15(26-17(20,21)22)8-14(11)23-13-5-4-10(19)6-9(13)2/h4-8,23H,3H2,1-2H3. The third kappa shape index (κ3) is 5.10. The Morgan fingerprint density at radius 1 is 1.19 bits per heavy atom. The van der Waals surface area contributed by atoms with E-state index < -0.39 is 23.9 Å². The van der Waals surface area contributed by atoms with Gasteiger partial charge in [0, 0.05) is 11.8 Å². The molecule has 1 N–H and O–H groups in total. The molecule has 140 valence electrons. The second kappa shape index (κ2) is 7.94. The molecule has 0 radical (unpaired) electrons. The molecule has 0 saturated carbocycles. The summed E-state index contributed by atoms with van der Waals surface area (Å²) in [6, 6.07) is 6.03. The number of rotatable bonds is 5. The number of alkyl halides is 3. The van der Waals surface area contributed by atoms with Crippen molar-refractivity contribution in [1.29, 1.82) is 0 Å². The van der Waals surface area contributed by atoms with Gasteiger partial charge in [0.1, 0.15) is 11.6 Å². The molecule has 0 aliphatic carbocycles. The summed E-state index contributed by atoms with van der Waals surface area (Å²) in [4.78, 5) is 12.1. The van der Waals surface area contributed by atoms with E-state index in [0.29, 0.717) is 11.3 Å². The summed E-state index contributed by atoms with van der Waals surface area (Å²) in [6.07, 6.45) is -4.91. The van der Waals surface area contributed by atoms with E-state index in [-0.39, 0.29) is 22.3 Å². The summed E-state index contributed by atoms with van der Waals surface area (Å²) in [5.74, 6) is -1.72. The van der Waals surface area contributed by atoms with Gasteiger partial charge in [0.15, 0.2) is 0 Å². The van der Waals surface area contributed by atoms with Gasteiger partial charge in [0.25, 0.3) is 0 Å². The number of carbonyl (C=O) groups is 1. The Morgan fingerprint density at radius 2 is 1.88 bits per heavy atom. The molecule has 0 bridgehead atoms. The lowest BCUT2D eigenvalue weighted by molar-refractivity contribution is -0.274. The number of aryl methyl sites for hydroxylation is 1. The zero-order valence-corrected chi connectivity index (χ0v) is 15.3. The number of anilines is 2. The Balaban J connectivity index is 2.51. The highest BCUT2D eigenvalue weighted by molar-refractivity contribution is 9.10. The van der Waals surface area contributed by atoms with Crippen LogP contribution in [0.2, 0.25) is 0 Å². The summed E-state index contributed by atoms with van der Waals surface area (Å²) in [5, 5.41) is 2.83. The van der Waals surface area contributed by atoms with Crippen molar-refractivity contribution < 1.29 is 31.8 Å². The molecule has 2 aromatic rings. The fourth-order valence-electron chi connectivity index (χ4n) is 2.15. The van der Waals surface area contributed by atoms with Crippen LogP contribution in [-0.2, 0) is 4.74 Å². The van der Waals surface area contributed by atoms with Crippen LogP contribution in [0.25, 0.3) is 0 Å². The maximum absolute atomic E-state index is 13.2. The second-order valence-corrected chi connectivity index (χ2v) is 6.04. The zero-order valence-electron chi connectivity index (χ0n) is 13.7. The smallest absolute Gasteiger partial charge is 0.462 e. The lowest BCUT2D eigenvalue weighted by atomic mass is 10.1. The Hall–Kier alpha value is -2.29. The molecule has 0 unspecified atom stereocenters. The average molecular weight is 436 g/mol. The number of halogens is 5. The summed E-state index contributed by atoms with van der Waals surface area (Å²) in [7, 11) is 0. The van der Waals surface area contributed by atoms with Crippen LogP contribution in [0, 0.1) is 12.7 Å². The van der Waals surface area contributed by atoms with Crippen LogP contribution in [0.1, 0.15) is 22.8 Å². The molecule has 0 aliphatic rings. The van der Waals surface area contributed by atoms with Crippen molar-refractivity contribution >= 4 is 33.3 Å². The predicted molar refractivity (Wildman–Crippen MR) is 91.2 cm³/mol. The summed E-state index contributed by atoms with van der Waals surface area (Å²) < 4.78 is 59.8. The molecule has 0 fully saturated rings. The molecule has 2 rings (SSSR count). The number of nitrogens with one attached hydrogen (secondary N) is 1. The first-order chi connectivity index (χ1) is 12.1. The number of hydrogen-bond donors (Lipinski definition) is 1. The Morgan fingerprint density at radius 3 is 2.46 bits per heavy atom. The van der Waals surface area contributed by atoms with Gasteiger partial charge in [0.2, 0.25) is 0 Å². The molecule has 9 heteroatoms. The van der Waals surface area contributed by atoms with Gasteiger partial charge in [-0.2, -0.15) is 0 Å². The average Bonchev–Trinajstić information content (AvgIpc) is 2.51. The topological polar surface area (TPSA) is 47.6 Å². The minimum Gasteiger partial charge on any atom is -0.462 e. The van der Waals surface area contributed by atoms with Gasteiger partial charge in [-0.3, -0.25) is 0 Å². The van der Waals surface area contributed by atoms with Crippen molar-refractivity contribution in [2.45, 2.75) is 20.2 Å². The number of benzene rings is 2. The molecule has 0 amide bonds. The highest BCUT2D eigenvalue weighted by Gasteiger charge is 2.32. The molecule has 26 heavy (non-hydrogen) atoms. The molecule has 0 aliphatic heterocycles. The Labute approximate surface area is 155 Å². The van der Waals surface area contributed by atoms with Crippen molar-refractivity contribution in [2.24, 2.45) is 0 Å². The molecular weight excluding hydrogens is 422 g/mol. The summed E-state index contributed by atoms with van der Waals surface area (Å²) in [5.41, 5.74) is 0.941. The number of ether oxygens (including phenoxy) is 2. The van der Waals surface area contributed by atoms with Crippen LogP contribution < -0.4 is 10.1 Å². The summed E-state index contributed by atoms with van der Waals surface area (Å²) >= 11 is 2.95. The van der Waals surface area contributed by atoms with Gasteiger partial charge in [0.05, 0.1) is 22.3 Å². The SMILES string of the molecule is CCOC(=O)c1cc(Br)c(OC(F)(F)F)cc1Nc1ccc(F)cc1C. The highest BCUT2D eigenvalue weighted by atomic mass is 79.9. The fraction of sp³-hybridized carbons (Fsp3) is 0.235. The van der Waals surface area contributed by atoms with Gasteiger partial charge in [-0.25, -0.2) is 9.18 Å². The molecule has 2 aromatic carbocycles. The van der Waals surface area contributed by atoms with E-state index in [1.54, 1.807) is 13.8 Å². The number of hydrogen-bond acceptors (Lipinski definition) is 4. The lowest BCUT2D eigenvalue weighted by Crippen LogP contribution is -2.18. The van der Waals surface area contributed by atoms with Crippen molar-refractivity contribution in [3.05, 3.63) is 51.7 Å². The van der Waals surface area contributed by atoms with Crippen molar-refractivity contribution in [3.63, 3.8) is 0 Å². The Bertz CT molecular complexity index is 824. The number of esters is 1. The van der Waals surface area contributed by atoms with Gasteiger partial charge in [-0.15, -0.1) is 13.2 Å². The first-order valence-electron chi connectivity index (χ1n) is 7.40. The lowest BCUT2D eigenvalue weighted by Gasteiger charge is -2.17. The quantitative estimate of drug-likeness (QED) is 0.482. The highest BCUT2D eigenvalue weighted by Crippen LogP contribution is 2.37. The molecule has 0 spiro atoms. The van der Waals surface area contributed by atoms with Crippen molar-refractivity contribution in [3.8, 4) is 5.75 Å². The molecule has 0 atom stereocenters. The molecule has 0 aromatic heterocycles. The van der Waals surface area contributed by atoms with Gasteiger partial charge in [-0.1, -0.05) is 0 Å². The largest absolute Gasteiger partial charge is 0.573 e. The Kier molecular flexibility index (Phi) is 6.12. The van der Waals surface area contributed by atoms with Crippen molar-refractivity contribution in [2.75, 3.05) is 11.9 Å². The van der Waals surface area contributed by atoms with Crippen LogP contribution in [-0.4, -0.2) is 18.9 Å². The van der Waals surface area contributed by atoms with Gasteiger partial charge >= 0.3 is 12.3 Å². The first-order valence-corrected chi connectivity index (χ1v) is 8.19. The van der Waals surface area contributed by atoms with Crippen LogP contribution in [0.5, 0.6) is 5.75 Å². The van der Waals surface area contributed by atoms with Crippen molar-refractivity contribution in [1.82, 2.24) is 0 Å². The second-order valence-electron chi connectivity index (χ2n) is 5.18. The molecule has 0 saturated heterocycles. The van der Waals surface area contributed by atoms with E-state index in [0.717, 1.165) is 6.07 Å².